The van der Waals surface area contributed by atoms with Crippen LogP contribution in [-0.2, 0) is 14.8 Å². The molecule has 0 aliphatic rings. The Bertz CT molecular complexity index is 1250. The number of methoxy groups -OCH3 is 2. The first-order valence-electron chi connectivity index (χ1n) is 10.3. The molecule has 0 aliphatic heterocycles. The van der Waals surface area contributed by atoms with E-state index in [0.29, 0.717) is 17.2 Å². The Labute approximate surface area is 195 Å². The molecule has 0 aromatic heterocycles. The summed E-state index contributed by atoms with van der Waals surface area (Å²) in [6.07, 6.45) is 0. The van der Waals surface area contributed by atoms with Crippen molar-refractivity contribution in [2.75, 3.05) is 30.4 Å². The Kier molecular flexibility index (Phi) is 7.28. The first-order valence-corrected chi connectivity index (χ1v) is 11.8. The molecule has 0 unspecified atom stereocenters. The molecule has 0 saturated carbocycles. The molecule has 174 valence electrons. The predicted molar refractivity (Wildman–Crippen MR) is 130 cm³/mol. The molecule has 0 heterocycles. The molecule has 3 aromatic rings. The van der Waals surface area contributed by atoms with Crippen LogP contribution in [0.5, 0.6) is 11.5 Å². The highest BCUT2D eigenvalue weighted by molar-refractivity contribution is 7.92. The number of aryl methyl sites for hydroxylation is 3. The second-order valence-corrected chi connectivity index (χ2v) is 9.59. The van der Waals surface area contributed by atoms with Gasteiger partial charge >= 0.3 is 0 Å². The third kappa shape index (κ3) is 5.46. The van der Waals surface area contributed by atoms with Crippen molar-refractivity contribution in [1.29, 1.82) is 0 Å². The maximum atomic E-state index is 13.7. The van der Waals surface area contributed by atoms with Gasteiger partial charge in [-0.05, 0) is 62.2 Å². The minimum Gasteiger partial charge on any atom is -0.497 e. The van der Waals surface area contributed by atoms with Gasteiger partial charge in [-0.2, -0.15) is 0 Å². The number of carbonyl (C=O) groups is 1. The van der Waals surface area contributed by atoms with Crippen molar-refractivity contribution in [3.63, 3.8) is 0 Å². The van der Waals surface area contributed by atoms with E-state index >= 15 is 0 Å². The highest BCUT2D eigenvalue weighted by atomic mass is 32.2. The highest BCUT2D eigenvalue weighted by Gasteiger charge is 2.30. The number of amides is 1. The number of rotatable bonds is 8. The van der Waals surface area contributed by atoms with Crippen LogP contribution in [0.4, 0.5) is 11.4 Å². The second kappa shape index (κ2) is 9.95. The van der Waals surface area contributed by atoms with E-state index in [0.717, 1.165) is 21.0 Å². The van der Waals surface area contributed by atoms with Gasteiger partial charge in [0.15, 0.2) is 0 Å². The molecule has 0 radical (unpaired) electrons. The molecule has 33 heavy (non-hydrogen) atoms. The Balaban J connectivity index is 2.07. The summed E-state index contributed by atoms with van der Waals surface area (Å²) in [7, 11) is -1.17. The summed E-state index contributed by atoms with van der Waals surface area (Å²) in [6, 6.07) is 17.0. The number of hydrogen-bond donors (Lipinski definition) is 1. The summed E-state index contributed by atoms with van der Waals surface area (Å²) < 4.78 is 39.1. The van der Waals surface area contributed by atoms with E-state index in [2.05, 4.69) is 5.32 Å². The molecule has 0 saturated heterocycles. The Morgan fingerprint density at radius 3 is 2.18 bits per heavy atom. The number of anilines is 2. The summed E-state index contributed by atoms with van der Waals surface area (Å²) in [5.74, 6) is 0.250. The van der Waals surface area contributed by atoms with Gasteiger partial charge in [0.2, 0.25) is 5.91 Å². The van der Waals surface area contributed by atoms with Gasteiger partial charge in [0.25, 0.3) is 10.0 Å². The monoisotopic (exact) mass is 468 g/mol. The van der Waals surface area contributed by atoms with Crippen LogP contribution < -0.4 is 19.1 Å². The number of nitrogens with zero attached hydrogens (tertiary/aromatic N) is 1. The fraction of sp³-hybridized carbons (Fsp3) is 0.240. The topological polar surface area (TPSA) is 84.9 Å². The molecule has 0 aliphatic carbocycles. The van der Waals surface area contributed by atoms with Gasteiger partial charge in [-0.15, -0.1) is 0 Å². The molecular formula is C25H28N2O5S. The van der Waals surface area contributed by atoms with Crippen LogP contribution in [0.25, 0.3) is 0 Å². The normalized spacial score (nSPS) is 11.1. The fourth-order valence-corrected chi connectivity index (χ4v) is 4.74. The lowest BCUT2D eigenvalue weighted by molar-refractivity contribution is -0.114. The molecule has 1 amide bonds. The summed E-state index contributed by atoms with van der Waals surface area (Å²) >= 11 is 0. The van der Waals surface area contributed by atoms with Crippen molar-refractivity contribution < 1.29 is 22.7 Å². The standard InChI is InChI=1S/C25H28N2O5S/c1-17-7-11-21(12-8-17)33(29,30)27(23-15-20(31-4)10-13-24(23)32-5)16-25(28)26-22-14-18(2)6-9-19(22)3/h6-15H,16H2,1-5H3,(H,26,28). The second-order valence-electron chi connectivity index (χ2n) is 7.73. The summed E-state index contributed by atoms with van der Waals surface area (Å²) in [5.41, 5.74) is 3.61. The average Bonchev–Trinajstić information content (AvgIpc) is 2.79. The summed E-state index contributed by atoms with van der Waals surface area (Å²) in [6.45, 7) is 5.22. The number of carbonyl (C=O) groups excluding carboxylic acids is 1. The molecule has 0 atom stereocenters. The molecule has 3 rings (SSSR count). The molecule has 0 bridgehead atoms. The number of nitrogens with one attached hydrogen (secondary N) is 1. The zero-order valence-corrected chi connectivity index (χ0v) is 20.2. The van der Waals surface area contributed by atoms with E-state index in [1.54, 1.807) is 24.3 Å². The third-order valence-electron chi connectivity index (χ3n) is 5.22. The molecule has 0 fully saturated rings. The number of sulfonamides is 1. The first-order chi connectivity index (χ1) is 15.6. The van der Waals surface area contributed by atoms with Crippen LogP contribution in [0, 0.1) is 20.8 Å². The van der Waals surface area contributed by atoms with E-state index in [9.17, 15) is 13.2 Å². The maximum absolute atomic E-state index is 13.7. The van der Waals surface area contributed by atoms with Crippen LogP contribution in [0.15, 0.2) is 65.6 Å². The molecule has 3 aromatic carbocycles. The first kappa shape index (κ1) is 24.1. The van der Waals surface area contributed by atoms with Gasteiger partial charge in [-0.3, -0.25) is 9.10 Å². The van der Waals surface area contributed by atoms with Crippen molar-refractivity contribution in [3.05, 3.63) is 77.4 Å². The van der Waals surface area contributed by atoms with E-state index in [1.807, 2.05) is 39.0 Å². The average molecular weight is 469 g/mol. The van der Waals surface area contributed by atoms with E-state index in [4.69, 9.17) is 9.47 Å². The quantitative estimate of drug-likeness (QED) is 0.528. The number of benzene rings is 3. The number of ether oxygens (including phenoxy) is 2. The lowest BCUT2D eigenvalue weighted by Crippen LogP contribution is -2.38. The van der Waals surface area contributed by atoms with Gasteiger partial charge in [0.05, 0.1) is 24.8 Å². The predicted octanol–water partition coefficient (Wildman–Crippen LogP) is 4.46. The lowest BCUT2D eigenvalue weighted by atomic mass is 10.1. The zero-order valence-electron chi connectivity index (χ0n) is 19.4. The minimum atomic E-state index is -4.10. The maximum Gasteiger partial charge on any atom is 0.264 e. The Morgan fingerprint density at radius 1 is 0.879 bits per heavy atom. The summed E-state index contributed by atoms with van der Waals surface area (Å²) in [4.78, 5) is 13.1. The van der Waals surface area contributed by atoms with Crippen LogP contribution in [-0.4, -0.2) is 35.1 Å². The van der Waals surface area contributed by atoms with Crippen molar-refractivity contribution in [2.24, 2.45) is 0 Å². The van der Waals surface area contributed by atoms with E-state index in [-0.39, 0.29) is 10.6 Å². The SMILES string of the molecule is COc1ccc(OC)c(N(CC(=O)Nc2cc(C)ccc2C)S(=O)(=O)c2ccc(C)cc2)c1. The van der Waals surface area contributed by atoms with Gasteiger partial charge in [0.1, 0.15) is 18.0 Å². The van der Waals surface area contributed by atoms with Gasteiger partial charge < -0.3 is 14.8 Å². The Morgan fingerprint density at radius 2 is 1.55 bits per heavy atom. The van der Waals surface area contributed by atoms with Crippen molar-refractivity contribution in [1.82, 2.24) is 0 Å². The molecule has 0 spiro atoms. The number of hydrogen-bond acceptors (Lipinski definition) is 5. The fourth-order valence-electron chi connectivity index (χ4n) is 3.32. The van der Waals surface area contributed by atoms with E-state index in [1.165, 1.54) is 32.4 Å². The molecular weight excluding hydrogens is 440 g/mol. The molecule has 1 N–H and O–H groups in total. The minimum absolute atomic E-state index is 0.0671. The Hall–Kier alpha value is -3.52. The zero-order chi connectivity index (χ0) is 24.2. The van der Waals surface area contributed by atoms with E-state index < -0.39 is 22.5 Å². The van der Waals surface area contributed by atoms with Crippen LogP contribution in [0.2, 0.25) is 0 Å². The van der Waals surface area contributed by atoms with Crippen molar-refractivity contribution in [3.8, 4) is 11.5 Å². The smallest absolute Gasteiger partial charge is 0.264 e. The third-order valence-corrected chi connectivity index (χ3v) is 6.99. The highest BCUT2D eigenvalue weighted by Crippen LogP contribution is 2.35. The largest absolute Gasteiger partial charge is 0.497 e. The van der Waals surface area contributed by atoms with Gasteiger partial charge in [-0.25, -0.2) is 8.42 Å². The van der Waals surface area contributed by atoms with Crippen LogP contribution in [0.3, 0.4) is 0 Å². The van der Waals surface area contributed by atoms with Gasteiger partial charge in [-0.1, -0.05) is 29.8 Å². The van der Waals surface area contributed by atoms with Crippen molar-refractivity contribution >= 4 is 27.3 Å². The van der Waals surface area contributed by atoms with Gasteiger partial charge in [0, 0.05) is 11.8 Å². The van der Waals surface area contributed by atoms with Crippen LogP contribution >= 0.6 is 0 Å². The van der Waals surface area contributed by atoms with Crippen molar-refractivity contribution in [2.45, 2.75) is 25.7 Å². The molecule has 8 heteroatoms. The summed E-state index contributed by atoms with van der Waals surface area (Å²) in [5, 5.41) is 2.83. The molecule has 7 nitrogen and oxygen atoms in total. The van der Waals surface area contributed by atoms with Crippen LogP contribution in [0.1, 0.15) is 16.7 Å². The lowest BCUT2D eigenvalue weighted by Gasteiger charge is -2.26.